The van der Waals surface area contributed by atoms with Crippen molar-refractivity contribution in [1.29, 1.82) is 0 Å². The summed E-state index contributed by atoms with van der Waals surface area (Å²) in [5.74, 6) is 0.570. The molecule has 5 nitrogen and oxygen atoms in total. The number of hydrogen-bond acceptors (Lipinski definition) is 2. The van der Waals surface area contributed by atoms with Crippen LogP contribution in [0.25, 0.3) is 0 Å². The molecule has 1 saturated carbocycles. The molecule has 0 atom stereocenters. The van der Waals surface area contributed by atoms with Crippen molar-refractivity contribution in [2.24, 2.45) is 10.7 Å². The van der Waals surface area contributed by atoms with Gasteiger partial charge in [-0.05, 0) is 37.0 Å². The van der Waals surface area contributed by atoms with E-state index in [4.69, 9.17) is 5.73 Å². The molecular weight excluding hydrogens is 403 g/mol. The lowest BCUT2D eigenvalue weighted by atomic mass is 10.1. The fraction of sp³-hybridized carbons (Fsp3) is 0.529. The molecule has 2 rings (SSSR count). The van der Waals surface area contributed by atoms with Crippen LogP contribution in [0.4, 0.5) is 0 Å². The summed E-state index contributed by atoms with van der Waals surface area (Å²) < 4.78 is 0. The van der Waals surface area contributed by atoms with E-state index >= 15 is 0 Å². The van der Waals surface area contributed by atoms with E-state index < -0.39 is 0 Å². The highest BCUT2D eigenvalue weighted by atomic mass is 127. The van der Waals surface area contributed by atoms with Crippen LogP contribution in [0, 0.1) is 0 Å². The van der Waals surface area contributed by atoms with Crippen LogP contribution in [-0.4, -0.2) is 36.4 Å². The van der Waals surface area contributed by atoms with Crippen molar-refractivity contribution in [1.82, 2.24) is 10.2 Å². The highest BCUT2D eigenvalue weighted by Gasteiger charge is 2.27. The Morgan fingerprint density at radius 2 is 2.00 bits per heavy atom. The predicted molar refractivity (Wildman–Crippen MR) is 105 cm³/mol. The molecule has 1 amide bonds. The Morgan fingerprint density at radius 1 is 1.35 bits per heavy atom. The number of nitrogens with two attached hydrogens (primary N) is 1. The molecule has 6 heteroatoms. The van der Waals surface area contributed by atoms with Crippen LogP contribution in [0.1, 0.15) is 48.5 Å². The van der Waals surface area contributed by atoms with Gasteiger partial charge in [-0.25, -0.2) is 4.99 Å². The van der Waals surface area contributed by atoms with Crippen LogP contribution in [0.3, 0.4) is 0 Å². The highest BCUT2D eigenvalue weighted by molar-refractivity contribution is 14.0. The van der Waals surface area contributed by atoms with E-state index in [1.54, 1.807) is 0 Å². The highest BCUT2D eigenvalue weighted by Crippen LogP contribution is 2.24. The Balaban J connectivity index is 0.00000264. The number of unbranched alkanes of at least 4 members (excludes halogenated alkanes) is 1. The average molecular weight is 430 g/mol. The molecule has 23 heavy (non-hydrogen) atoms. The van der Waals surface area contributed by atoms with Gasteiger partial charge < -0.3 is 16.0 Å². The van der Waals surface area contributed by atoms with E-state index in [-0.39, 0.29) is 29.9 Å². The van der Waals surface area contributed by atoms with E-state index in [2.05, 4.69) is 17.2 Å². The van der Waals surface area contributed by atoms with Crippen molar-refractivity contribution >= 4 is 35.8 Å². The molecular formula is C17H27IN4O. The number of carbonyl (C=O) groups excluding carboxylic acids is 1. The number of amides is 1. The van der Waals surface area contributed by atoms with Gasteiger partial charge >= 0.3 is 0 Å². The third-order valence-electron chi connectivity index (χ3n) is 3.91. The predicted octanol–water partition coefficient (Wildman–Crippen LogP) is 2.74. The summed E-state index contributed by atoms with van der Waals surface area (Å²) in [6, 6.07) is 8.11. The maximum atomic E-state index is 11.9. The Bertz CT molecular complexity index is 526. The lowest BCUT2D eigenvalue weighted by molar-refractivity contribution is 0.0953. The van der Waals surface area contributed by atoms with Gasteiger partial charge in [-0.3, -0.25) is 4.79 Å². The maximum absolute atomic E-state index is 11.9. The molecule has 0 heterocycles. The van der Waals surface area contributed by atoms with E-state index in [1.807, 2.05) is 36.2 Å². The molecule has 1 aromatic carbocycles. The van der Waals surface area contributed by atoms with Crippen LogP contribution in [0.2, 0.25) is 0 Å². The maximum Gasteiger partial charge on any atom is 0.251 e. The number of aliphatic imine (C=N–C) groups is 1. The van der Waals surface area contributed by atoms with Gasteiger partial charge in [0.25, 0.3) is 5.91 Å². The molecule has 1 fully saturated rings. The summed E-state index contributed by atoms with van der Waals surface area (Å²) in [4.78, 5) is 18.4. The Kier molecular flexibility index (Phi) is 8.36. The number of guanidine groups is 1. The molecule has 0 spiro atoms. The van der Waals surface area contributed by atoms with Gasteiger partial charge in [0.15, 0.2) is 5.96 Å². The fourth-order valence-corrected chi connectivity index (χ4v) is 2.18. The summed E-state index contributed by atoms with van der Waals surface area (Å²) in [6.45, 7) is 3.37. The van der Waals surface area contributed by atoms with Gasteiger partial charge in [-0.1, -0.05) is 25.5 Å². The second kappa shape index (κ2) is 9.75. The van der Waals surface area contributed by atoms with Gasteiger partial charge in [-0.2, -0.15) is 0 Å². The number of nitrogens with zero attached hydrogens (tertiary/aromatic N) is 2. The van der Waals surface area contributed by atoms with Gasteiger partial charge in [0.2, 0.25) is 0 Å². The zero-order chi connectivity index (χ0) is 15.9. The van der Waals surface area contributed by atoms with Gasteiger partial charge in [0.1, 0.15) is 0 Å². The zero-order valence-electron chi connectivity index (χ0n) is 13.9. The molecule has 0 aliphatic heterocycles. The van der Waals surface area contributed by atoms with Crippen molar-refractivity contribution < 1.29 is 4.79 Å². The number of carbonyl (C=O) groups is 1. The minimum atomic E-state index is -0.0171. The molecule has 0 bridgehead atoms. The van der Waals surface area contributed by atoms with Gasteiger partial charge in [0.05, 0.1) is 6.54 Å². The second-order valence-corrected chi connectivity index (χ2v) is 5.82. The fourth-order valence-electron chi connectivity index (χ4n) is 2.18. The third kappa shape index (κ3) is 6.37. The lowest BCUT2D eigenvalue weighted by Gasteiger charge is -2.16. The van der Waals surface area contributed by atoms with Crippen LogP contribution in [0.15, 0.2) is 29.3 Å². The second-order valence-electron chi connectivity index (χ2n) is 5.82. The van der Waals surface area contributed by atoms with Crippen molar-refractivity contribution in [3.63, 3.8) is 0 Å². The third-order valence-corrected chi connectivity index (χ3v) is 3.91. The number of benzene rings is 1. The monoisotopic (exact) mass is 430 g/mol. The summed E-state index contributed by atoms with van der Waals surface area (Å²) in [5.41, 5.74) is 7.70. The topological polar surface area (TPSA) is 70.7 Å². The van der Waals surface area contributed by atoms with Gasteiger partial charge in [0, 0.05) is 25.2 Å². The van der Waals surface area contributed by atoms with Crippen molar-refractivity contribution in [2.45, 2.75) is 45.2 Å². The number of halogens is 1. The Hall–Kier alpha value is -1.31. The summed E-state index contributed by atoms with van der Waals surface area (Å²) in [7, 11) is 1.99. The van der Waals surface area contributed by atoms with Crippen LogP contribution < -0.4 is 11.1 Å². The quantitative estimate of drug-likeness (QED) is 0.303. The summed E-state index contributed by atoms with van der Waals surface area (Å²) >= 11 is 0. The first-order chi connectivity index (χ1) is 10.6. The molecule has 3 N–H and O–H groups in total. The molecule has 0 unspecified atom stereocenters. The SMILES string of the molecule is CCCCNC(=O)c1ccc(CN=C(N)N(C)C2CC2)cc1.I. The summed E-state index contributed by atoms with van der Waals surface area (Å²) in [6.07, 6.45) is 4.49. The lowest BCUT2D eigenvalue weighted by Crippen LogP contribution is -2.35. The van der Waals surface area contributed by atoms with E-state index in [0.29, 0.717) is 24.1 Å². The van der Waals surface area contributed by atoms with E-state index in [1.165, 1.54) is 12.8 Å². The normalized spacial score (nSPS) is 14.1. The molecule has 1 aliphatic carbocycles. The Morgan fingerprint density at radius 3 is 2.57 bits per heavy atom. The van der Waals surface area contributed by atoms with E-state index in [9.17, 15) is 4.79 Å². The summed E-state index contributed by atoms with van der Waals surface area (Å²) in [5, 5.41) is 2.91. The first-order valence-electron chi connectivity index (χ1n) is 8.01. The molecule has 1 aromatic rings. The number of hydrogen-bond donors (Lipinski definition) is 2. The largest absolute Gasteiger partial charge is 0.370 e. The molecule has 0 radical (unpaired) electrons. The number of nitrogens with one attached hydrogen (secondary N) is 1. The molecule has 0 aromatic heterocycles. The smallest absolute Gasteiger partial charge is 0.251 e. The van der Waals surface area contributed by atoms with Crippen LogP contribution >= 0.6 is 24.0 Å². The standard InChI is InChI=1S/C17H26N4O.HI/c1-3-4-11-19-16(22)14-7-5-13(6-8-14)12-20-17(18)21(2)15-9-10-15;/h5-8,15H,3-4,9-12H2,1-2H3,(H2,18,20)(H,19,22);1H. The zero-order valence-corrected chi connectivity index (χ0v) is 16.2. The van der Waals surface area contributed by atoms with Crippen molar-refractivity contribution in [3.8, 4) is 0 Å². The minimum Gasteiger partial charge on any atom is -0.370 e. The van der Waals surface area contributed by atoms with Crippen molar-refractivity contribution in [2.75, 3.05) is 13.6 Å². The first-order valence-corrected chi connectivity index (χ1v) is 8.01. The van der Waals surface area contributed by atoms with Crippen LogP contribution in [0.5, 0.6) is 0 Å². The van der Waals surface area contributed by atoms with E-state index in [0.717, 1.165) is 24.9 Å². The molecule has 128 valence electrons. The van der Waals surface area contributed by atoms with Gasteiger partial charge in [-0.15, -0.1) is 24.0 Å². The minimum absolute atomic E-state index is 0. The average Bonchev–Trinajstić information content (AvgIpc) is 3.37. The molecule has 0 saturated heterocycles. The Labute approximate surface area is 155 Å². The van der Waals surface area contributed by atoms with Crippen molar-refractivity contribution in [3.05, 3.63) is 35.4 Å². The van der Waals surface area contributed by atoms with Crippen LogP contribution in [-0.2, 0) is 6.54 Å². The molecule has 1 aliphatic rings. The number of rotatable bonds is 7. The first kappa shape index (κ1) is 19.7.